The molecule has 15 heavy (non-hydrogen) atoms. The van der Waals surface area contributed by atoms with Crippen molar-refractivity contribution in [3.05, 3.63) is 0 Å². The van der Waals surface area contributed by atoms with Gasteiger partial charge in [0.2, 0.25) is 10.0 Å². The summed E-state index contributed by atoms with van der Waals surface area (Å²) in [5.41, 5.74) is 5.41. The average Bonchev–Trinajstić information content (AvgIpc) is 2.72. The summed E-state index contributed by atoms with van der Waals surface area (Å²) < 4.78 is 25.9. The monoisotopic (exact) mass is 234 g/mol. The van der Waals surface area contributed by atoms with Crippen LogP contribution in [0.25, 0.3) is 0 Å². The van der Waals surface area contributed by atoms with Gasteiger partial charge in [-0.05, 0) is 25.8 Å². The van der Waals surface area contributed by atoms with Gasteiger partial charge in [0.15, 0.2) is 0 Å². The van der Waals surface area contributed by atoms with E-state index >= 15 is 0 Å². The number of hydrogen-bond acceptors (Lipinski definition) is 3. The standard InChI is InChI=1S/C10H22N2O2S/c1-2-12(9-5-8-11)15(13,14)10-6-3-4-7-10/h10H,2-9,11H2,1H3. The van der Waals surface area contributed by atoms with Crippen molar-refractivity contribution < 1.29 is 8.42 Å². The normalized spacial score (nSPS) is 18.9. The van der Waals surface area contributed by atoms with Gasteiger partial charge in [-0.15, -0.1) is 0 Å². The molecule has 1 rings (SSSR count). The van der Waals surface area contributed by atoms with Gasteiger partial charge in [0.05, 0.1) is 5.25 Å². The number of sulfonamides is 1. The zero-order chi connectivity index (χ0) is 11.3. The van der Waals surface area contributed by atoms with Crippen LogP contribution in [0.1, 0.15) is 39.0 Å². The highest BCUT2D eigenvalue weighted by Gasteiger charge is 2.32. The molecule has 1 fully saturated rings. The summed E-state index contributed by atoms with van der Waals surface area (Å²) in [4.78, 5) is 0. The number of hydrogen-bond donors (Lipinski definition) is 1. The number of nitrogens with zero attached hydrogens (tertiary/aromatic N) is 1. The molecule has 1 aliphatic rings. The molecule has 0 aromatic heterocycles. The van der Waals surface area contributed by atoms with Crippen molar-refractivity contribution in [2.75, 3.05) is 19.6 Å². The van der Waals surface area contributed by atoms with E-state index in [0.29, 0.717) is 19.6 Å². The molecule has 0 heterocycles. The van der Waals surface area contributed by atoms with Crippen molar-refractivity contribution in [2.24, 2.45) is 5.73 Å². The fraction of sp³-hybridized carbons (Fsp3) is 1.00. The van der Waals surface area contributed by atoms with Crippen molar-refractivity contribution >= 4 is 10.0 Å². The molecule has 2 N–H and O–H groups in total. The minimum atomic E-state index is -3.05. The number of nitrogens with two attached hydrogens (primary N) is 1. The molecule has 0 unspecified atom stereocenters. The Hall–Kier alpha value is -0.130. The fourth-order valence-corrected chi connectivity index (χ4v) is 4.22. The first-order valence-electron chi connectivity index (χ1n) is 5.82. The van der Waals surface area contributed by atoms with Gasteiger partial charge in [0.25, 0.3) is 0 Å². The van der Waals surface area contributed by atoms with Crippen molar-refractivity contribution in [1.29, 1.82) is 0 Å². The van der Waals surface area contributed by atoms with Crippen LogP contribution in [0.2, 0.25) is 0 Å². The van der Waals surface area contributed by atoms with E-state index in [4.69, 9.17) is 5.73 Å². The molecular formula is C10H22N2O2S. The van der Waals surface area contributed by atoms with E-state index in [2.05, 4.69) is 0 Å². The molecule has 0 aromatic rings. The smallest absolute Gasteiger partial charge is 0.216 e. The first-order chi connectivity index (χ1) is 7.12. The summed E-state index contributed by atoms with van der Waals surface area (Å²) in [5, 5.41) is -0.129. The molecule has 0 aliphatic heterocycles. The molecule has 0 amide bonds. The van der Waals surface area contributed by atoms with Gasteiger partial charge in [-0.1, -0.05) is 19.8 Å². The van der Waals surface area contributed by atoms with Crippen LogP contribution in [0, 0.1) is 0 Å². The Morgan fingerprint density at radius 3 is 2.40 bits per heavy atom. The van der Waals surface area contributed by atoms with Crippen molar-refractivity contribution in [2.45, 2.75) is 44.3 Å². The second-order valence-electron chi connectivity index (χ2n) is 4.09. The Balaban J connectivity index is 2.63. The van der Waals surface area contributed by atoms with Crippen LogP contribution in [-0.2, 0) is 10.0 Å². The van der Waals surface area contributed by atoms with Gasteiger partial charge in [0, 0.05) is 13.1 Å². The van der Waals surface area contributed by atoms with Gasteiger partial charge in [-0.2, -0.15) is 0 Å². The quantitative estimate of drug-likeness (QED) is 0.743. The lowest BCUT2D eigenvalue weighted by atomic mass is 10.4. The molecule has 4 nitrogen and oxygen atoms in total. The third-order valence-electron chi connectivity index (χ3n) is 3.05. The first-order valence-corrected chi connectivity index (χ1v) is 7.32. The molecule has 0 radical (unpaired) electrons. The highest BCUT2D eigenvalue weighted by atomic mass is 32.2. The van der Waals surface area contributed by atoms with Crippen molar-refractivity contribution in [3.8, 4) is 0 Å². The van der Waals surface area contributed by atoms with Crippen LogP contribution in [-0.4, -0.2) is 37.6 Å². The lowest BCUT2D eigenvalue weighted by molar-refractivity contribution is 0.414. The van der Waals surface area contributed by atoms with Crippen molar-refractivity contribution in [1.82, 2.24) is 4.31 Å². The van der Waals surface area contributed by atoms with E-state index in [9.17, 15) is 8.42 Å². The largest absolute Gasteiger partial charge is 0.330 e. The minimum Gasteiger partial charge on any atom is -0.330 e. The Kier molecular flexibility index (Phi) is 5.02. The van der Waals surface area contributed by atoms with Gasteiger partial charge < -0.3 is 5.73 Å². The van der Waals surface area contributed by atoms with Crippen molar-refractivity contribution in [3.63, 3.8) is 0 Å². The topological polar surface area (TPSA) is 63.4 Å². The minimum absolute atomic E-state index is 0.129. The number of rotatable bonds is 6. The summed E-state index contributed by atoms with van der Waals surface area (Å²) in [6, 6.07) is 0. The fourth-order valence-electron chi connectivity index (χ4n) is 2.13. The Bertz CT molecular complexity index is 271. The third-order valence-corrected chi connectivity index (χ3v) is 5.52. The summed E-state index contributed by atoms with van der Waals surface area (Å²) in [5.74, 6) is 0. The lowest BCUT2D eigenvalue weighted by Gasteiger charge is -2.23. The van der Waals surface area contributed by atoms with Gasteiger partial charge >= 0.3 is 0 Å². The summed E-state index contributed by atoms with van der Waals surface area (Å²) in [6.07, 6.45) is 4.53. The summed E-state index contributed by atoms with van der Waals surface area (Å²) in [7, 11) is -3.05. The van der Waals surface area contributed by atoms with E-state index in [0.717, 1.165) is 32.1 Å². The van der Waals surface area contributed by atoms with Gasteiger partial charge in [0.1, 0.15) is 0 Å². The van der Waals surface area contributed by atoms with Crippen LogP contribution in [0.3, 0.4) is 0 Å². The summed E-state index contributed by atoms with van der Waals surface area (Å²) >= 11 is 0. The van der Waals surface area contributed by atoms with Gasteiger partial charge in [-0.3, -0.25) is 0 Å². The summed E-state index contributed by atoms with van der Waals surface area (Å²) in [6.45, 7) is 3.59. The van der Waals surface area contributed by atoms with Crippen LogP contribution >= 0.6 is 0 Å². The SMILES string of the molecule is CCN(CCCN)S(=O)(=O)C1CCCC1. The molecule has 0 spiro atoms. The maximum atomic E-state index is 12.2. The van der Waals surface area contributed by atoms with Gasteiger partial charge in [-0.25, -0.2) is 12.7 Å². The molecule has 0 saturated heterocycles. The molecule has 90 valence electrons. The van der Waals surface area contributed by atoms with E-state index in [1.807, 2.05) is 6.92 Å². The third kappa shape index (κ3) is 3.16. The molecule has 0 bridgehead atoms. The van der Waals surface area contributed by atoms with E-state index in [1.165, 1.54) is 0 Å². The predicted molar refractivity (Wildman–Crippen MR) is 62.1 cm³/mol. The molecular weight excluding hydrogens is 212 g/mol. The Morgan fingerprint density at radius 1 is 1.33 bits per heavy atom. The maximum absolute atomic E-state index is 12.2. The molecule has 1 aliphatic carbocycles. The first kappa shape index (κ1) is 12.9. The van der Waals surface area contributed by atoms with Crippen LogP contribution in [0.5, 0.6) is 0 Å². The maximum Gasteiger partial charge on any atom is 0.216 e. The van der Waals surface area contributed by atoms with Crippen LogP contribution in [0.15, 0.2) is 0 Å². The second-order valence-corrected chi connectivity index (χ2v) is 6.30. The molecule has 0 aromatic carbocycles. The van der Waals surface area contributed by atoms with E-state index < -0.39 is 10.0 Å². The Morgan fingerprint density at radius 2 is 1.93 bits per heavy atom. The molecule has 0 atom stereocenters. The highest BCUT2D eigenvalue weighted by molar-refractivity contribution is 7.89. The van der Waals surface area contributed by atoms with Crippen LogP contribution in [0.4, 0.5) is 0 Å². The zero-order valence-corrected chi connectivity index (χ0v) is 10.3. The Labute approximate surface area is 92.9 Å². The molecule has 1 saturated carbocycles. The zero-order valence-electron chi connectivity index (χ0n) is 9.48. The van der Waals surface area contributed by atoms with E-state index in [-0.39, 0.29) is 5.25 Å². The second kappa shape index (κ2) is 5.82. The van der Waals surface area contributed by atoms with E-state index in [1.54, 1.807) is 4.31 Å². The predicted octanol–water partition coefficient (Wildman–Crippen LogP) is 0.930. The average molecular weight is 234 g/mol. The highest BCUT2D eigenvalue weighted by Crippen LogP contribution is 2.26. The van der Waals surface area contributed by atoms with Crippen LogP contribution < -0.4 is 5.73 Å². The molecule has 5 heteroatoms. The lowest BCUT2D eigenvalue weighted by Crippen LogP contribution is -2.38.